The van der Waals surface area contributed by atoms with Crippen molar-refractivity contribution < 1.29 is 19.2 Å². The van der Waals surface area contributed by atoms with Gasteiger partial charge in [0.05, 0.1) is 0 Å². The van der Waals surface area contributed by atoms with E-state index in [0.29, 0.717) is 6.42 Å². The third-order valence-electron chi connectivity index (χ3n) is 3.75. The molecule has 1 aromatic carbocycles. The van der Waals surface area contributed by atoms with Crippen LogP contribution in [-0.2, 0) is 25.6 Å². The topological polar surface area (TPSA) is 116 Å². The van der Waals surface area contributed by atoms with Crippen molar-refractivity contribution in [2.45, 2.75) is 31.8 Å². The molecule has 4 amide bonds. The van der Waals surface area contributed by atoms with E-state index in [-0.39, 0.29) is 24.9 Å². The van der Waals surface area contributed by atoms with Crippen molar-refractivity contribution >= 4 is 23.6 Å². The van der Waals surface area contributed by atoms with Gasteiger partial charge in [0.15, 0.2) is 0 Å². The molecule has 1 aliphatic rings. The van der Waals surface area contributed by atoms with Crippen LogP contribution in [0.1, 0.15) is 18.9 Å². The number of amides is 4. The minimum Gasteiger partial charge on any atom is -0.353 e. The summed E-state index contributed by atoms with van der Waals surface area (Å²) in [5.41, 5.74) is 0.888. The summed E-state index contributed by atoms with van der Waals surface area (Å²) in [6.07, 6.45) is -0.140. The largest absolute Gasteiger partial charge is 0.353 e. The Morgan fingerprint density at radius 1 is 0.880 bits per heavy atom. The van der Waals surface area contributed by atoms with Crippen molar-refractivity contribution in [2.24, 2.45) is 0 Å². The summed E-state index contributed by atoms with van der Waals surface area (Å²) in [6.45, 7) is 1.99. The molecule has 1 saturated heterocycles. The summed E-state index contributed by atoms with van der Waals surface area (Å²) in [4.78, 5) is 48.1. The fourth-order valence-electron chi connectivity index (χ4n) is 2.46. The number of benzene rings is 1. The fourth-order valence-corrected chi connectivity index (χ4v) is 2.46. The Morgan fingerprint density at radius 2 is 1.48 bits per heavy atom. The van der Waals surface area contributed by atoms with Gasteiger partial charge in [0.25, 0.3) is 0 Å². The first-order chi connectivity index (χ1) is 12.0. The molecular weight excluding hydrogens is 324 g/mol. The van der Waals surface area contributed by atoms with Gasteiger partial charge in [-0.25, -0.2) is 0 Å². The molecule has 1 aliphatic heterocycles. The maximum Gasteiger partial charge on any atom is 0.242 e. The normalized spacial score (nSPS) is 23.1. The highest BCUT2D eigenvalue weighted by Crippen LogP contribution is 2.04. The zero-order valence-electron chi connectivity index (χ0n) is 14.0. The monoisotopic (exact) mass is 346 g/mol. The number of nitrogens with one attached hydrogen (secondary N) is 4. The summed E-state index contributed by atoms with van der Waals surface area (Å²) >= 11 is 0. The molecule has 0 spiro atoms. The zero-order chi connectivity index (χ0) is 18.2. The lowest BCUT2D eigenvalue weighted by atomic mass is 10.0. The van der Waals surface area contributed by atoms with Crippen LogP contribution in [-0.4, -0.2) is 48.8 Å². The smallest absolute Gasteiger partial charge is 0.242 e. The Morgan fingerprint density at radius 3 is 2.16 bits per heavy atom. The molecule has 4 N–H and O–H groups in total. The van der Waals surface area contributed by atoms with E-state index in [9.17, 15) is 19.2 Å². The minimum atomic E-state index is -0.795. The highest BCUT2D eigenvalue weighted by atomic mass is 16.2. The number of carbonyl (C=O) groups is 4. The highest BCUT2D eigenvalue weighted by molar-refractivity contribution is 6.00. The van der Waals surface area contributed by atoms with Gasteiger partial charge in [-0.3, -0.25) is 19.2 Å². The van der Waals surface area contributed by atoms with Crippen molar-refractivity contribution in [1.82, 2.24) is 21.3 Å². The fraction of sp³-hybridized carbons (Fsp3) is 0.412. The van der Waals surface area contributed by atoms with Crippen LogP contribution >= 0.6 is 0 Å². The van der Waals surface area contributed by atoms with E-state index < -0.39 is 30.3 Å². The second-order valence-electron chi connectivity index (χ2n) is 5.86. The standard InChI is InChI=1S/C17H22N4O4/c1-11-16(24)18-7-8-19-17(25)13(9-12-5-3-2-4-6-12)21-15(23)10-14(22)20-11/h2-6,11,13H,7-10H2,1H3,(H,18,24)(H,19,25)(H,20,22)(H,21,23)/t11-,13-/m0/s1. The molecule has 0 unspecified atom stereocenters. The molecular formula is C17H22N4O4. The van der Waals surface area contributed by atoms with Crippen molar-refractivity contribution in [3.63, 3.8) is 0 Å². The number of carbonyl (C=O) groups excluding carboxylic acids is 4. The van der Waals surface area contributed by atoms with E-state index in [1.54, 1.807) is 0 Å². The van der Waals surface area contributed by atoms with Gasteiger partial charge in [0.1, 0.15) is 18.5 Å². The molecule has 2 atom stereocenters. The lowest BCUT2D eigenvalue weighted by Crippen LogP contribution is -2.49. The Hall–Kier alpha value is -2.90. The van der Waals surface area contributed by atoms with Crippen LogP contribution in [0.5, 0.6) is 0 Å². The van der Waals surface area contributed by atoms with Gasteiger partial charge in [0, 0.05) is 19.5 Å². The quantitative estimate of drug-likeness (QED) is 0.506. The first-order valence-corrected chi connectivity index (χ1v) is 8.14. The molecule has 1 heterocycles. The van der Waals surface area contributed by atoms with Gasteiger partial charge in [0.2, 0.25) is 23.6 Å². The third-order valence-corrected chi connectivity index (χ3v) is 3.75. The van der Waals surface area contributed by atoms with E-state index in [1.165, 1.54) is 6.92 Å². The van der Waals surface area contributed by atoms with E-state index in [2.05, 4.69) is 21.3 Å². The lowest BCUT2D eigenvalue weighted by molar-refractivity contribution is -0.134. The van der Waals surface area contributed by atoms with Gasteiger partial charge in [-0.1, -0.05) is 30.3 Å². The molecule has 134 valence electrons. The van der Waals surface area contributed by atoms with Crippen LogP contribution in [0, 0.1) is 0 Å². The van der Waals surface area contributed by atoms with Gasteiger partial charge < -0.3 is 21.3 Å². The number of rotatable bonds is 2. The minimum absolute atomic E-state index is 0.229. The number of hydrogen-bond acceptors (Lipinski definition) is 4. The van der Waals surface area contributed by atoms with E-state index in [1.807, 2.05) is 30.3 Å². The van der Waals surface area contributed by atoms with Crippen LogP contribution in [0.4, 0.5) is 0 Å². The molecule has 0 saturated carbocycles. The second-order valence-corrected chi connectivity index (χ2v) is 5.86. The second kappa shape index (κ2) is 8.81. The summed E-state index contributed by atoms with van der Waals surface area (Å²) in [7, 11) is 0. The van der Waals surface area contributed by atoms with E-state index in [4.69, 9.17) is 0 Å². The van der Waals surface area contributed by atoms with Gasteiger partial charge >= 0.3 is 0 Å². The highest BCUT2D eigenvalue weighted by Gasteiger charge is 2.24. The molecule has 1 aromatic rings. The van der Waals surface area contributed by atoms with Crippen molar-refractivity contribution in [1.29, 1.82) is 0 Å². The Kier molecular flexibility index (Phi) is 6.50. The van der Waals surface area contributed by atoms with Crippen LogP contribution in [0.15, 0.2) is 30.3 Å². The van der Waals surface area contributed by atoms with Crippen molar-refractivity contribution in [3.8, 4) is 0 Å². The average Bonchev–Trinajstić information content (AvgIpc) is 2.58. The molecule has 0 aromatic heterocycles. The number of hydrogen-bond donors (Lipinski definition) is 4. The summed E-state index contributed by atoms with van der Waals surface area (Å²) < 4.78 is 0. The molecule has 2 rings (SSSR count). The Labute approximate surface area is 145 Å². The molecule has 25 heavy (non-hydrogen) atoms. The third kappa shape index (κ3) is 5.91. The zero-order valence-corrected chi connectivity index (χ0v) is 14.0. The van der Waals surface area contributed by atoms with Gasteiger partial charge in [-0.2, -0.15) is 0 Å². The molecule has 0 radical (unpaired) electrons. The van der Waals surface area contributed by atoms with Crippen LogP contribution in [0.3, 0.4) is 0 Å². The average molecular weight is 346 g/mol. The lowest BCUT2D eigenvalue weighted by Gasteiger charge is -2.18. The molecule has 8 heteroatoms. The van der Waals surface area contributed by atoms with E-state index >= 15 is 0 Å². The molecule has 8 nitrogen and oxygen atoms in total. The van der Waals surface area contributed by atoms with Gasteiger partial charge in [-0.05, 0) is 12.5 Å². The molecule has 1 fully saturated rings. The van der Waals surface area contributed by atoms with Crippen LogP contribution in [0.2, 0.25) is 0 Å². The van der Waals surface area contributed by atoms with Crippen LogP contribution in [0.25, 0.3) is 0 Å². The Bertz CT molecular complexity index is 647. The first kappa shape index (κ1) is 18.4. The summed E-state index contributed by atoms with van der Waals surface area (Å²) in [6, 6.07) is 7.72. The Balaban J connectivity index is 2.11. The van der Waals surface area contributed by atoms with Crippen LogP contribution < -0.4 is 21.3 Å². The predicted octanol–water partition coefficient (Wildman–Crippen LogP) is -1.15. The SMILES string of the molecule is C[C@@H]1NC(=O)CC(=O)N[C@@H](Cc2ccccc2)C(=O)NCCNC1=O. The first-order valence-electron chi connectivity index (χ1n) is 8.14. The predicted molar refractivity (Wildman–Crippen MR) is 90.3 cm³/mol. The van der Waals surface area contributed by atoms with Gasteiger partial charge in [-0.15, -0.1) is 0 Å². The molecule has 0 aliphatic carbocycles. The summed E-state index contributed by atoms with van der Waals surface area (Å²) in [5, 5.41) is 10.3. The van der Waals surface area contributed by atoms with Crippen molar-refractivity contribution in [3.05, 3.63) is 35.9 Å². The maximum absolute atomic E-state index is 12.4. The summed E-state index contributed by atoms with van der Waals surface area (Å²) in [5.74, 6) is -1.87. The molecule has 0 bridgehead atoms. The maximum atomic E-state index is 12.4. The van der Waals surface area contributed by atoms with Crippen molar-refractivity contribution in [2.75, 3.05) is 13.1 Å². The van der Waals surface area contributed by atoms with E-state index in [0.717, 1.165) is 5.56 Å².